The molecule has 5 heteroatoms. The molecular formula is C20H16FNO3. The lowest BCUT2D eigenvalue weighted by atomic mass is 9.83. The van der Waals surface area contributed by atoms with Gasteiger partial charge in [0.1, 0.15) is 17.2 Å². The predicted molar refractivity (Wildman–Crippen MR) is 91.7 cm³/mol. The normalized spacial score (nSPS) is 20.8. The summed E-state index contributed by atoms with van der Waals surface area (Å²) >= 11 is 0. The Labute approximate surface area is 144 Å². The summed E-state index contributed by atoms with van der Waals surface area (Å²) in [5.74, 6) is -1.07. The van der Waals surface area contributed by atoms with Gasteiger partial charge < -0.3 is 10.1 Å². The third kappa shape index (κ3) is 2.35. The van der Waals surface area contributed by atoms with E-state index in [2.05, 4.69) is 5.32 Å². The zero-order valence-electron chi connectivity index (χ0n) is 13.8. The third-order valence-corrected chi connectivity index (χ3v) is 4.60. The average Bonchev–Trinajstić information content (AvgIpc) is 2.84. The standard InChI is InChI=1S/C20H16FNO3/c1-20(2)19(22-12-7-5-6-11(21)10-12)15-17(24)16(23)13-8-3-4-9-14(13)18(15)25-20/h3-10,19,22H,1-2H3. The third-order valence-electron chi connectivity index (χ3n) is 4.60. The molecule has 2 aliphatic rings. The molecule has 1 aliphatic heterocycles. The molecule has 126 valence electrons. The maximum atomic E-state index is 13.5. The molecule has 0 saturated carbocycles. The molecule has 0 radical (unpaired) electrons. The Morgan fingerprint density at radius 1 is 1.00 bits per heavy atom. The lowest BCUT2D eigenvalue weighted by Gasteiger charge is -2.29. The fraction of sp³-hybridized carbons (Fsp3) is 0.200. The van der Waals surface area contributed by atoms with Gasteiger partial charge in [0.25, 0.3) is 0 Å². The number of carbonyl (C=O) groups excluding carboxylic acids is 2. The lowest BCUT2D eigenvalue weighted by molar-refractivity contribution is -0.112. The summed E-state index contributed by atoms with van der Waals surface area (Å²) in [7, 11) is 0. The molecule has 25 heavy (non-hydrogen) atoms. The highest BCUT2D eigenvalue weighted by molar-refractivity contribution is 6.52. The molecule has 1 atom stereocenters. The van der Waals surface area contributed by atoms with Crippen LogP contribution in [0.5, 0.6) is 0 Å². The van der Waals surface area contributed by atoms with Crippen LogP contribution < -0.4 is 5.32 Å². The Bertz CT molecular complexity index is 945. The zero-order chi connectivity index (χ0) is 17.8. The van der Waals surface area contributed by atoms with Gasteiger partial charge in [0.05, 0.1) is 11.6 Å². The summed E-state index contributed by atoms with van der Waals surface area (Å²) in [5.41, 5.74) is 1.03. The summed E-state index contributed by atoms with van der Waals surface area (Å²) in [6.07, 6.45) is 0. The minimum Gasteiger partial charge on any atom is -0.484 e. The van der Waals surface area contributed by atoms with Crippen molar-refractivity contribution in [2.24, 2.45) is 0 Å². The molecule has 2 aromatic carbocycles. The van der Waals surface area contributed by atoms with E-state index in [-0.39, 0.29) is 5.82 Å². The van der Waals surface area contributed by atoms with Gasteiger partial charge in [0.2, 0.25) is 11.6 Å². The van der Waals surface area contributed by atoms with Gasteiger partial charge in [0, 0.05) is 16.8 Å². The van der Waals surface area contributed by atoms with Crippen molar-refractivity contribution in [3.8, 4) is 0 Å². The van der Waals surface area contributed by atoms with Crippen molar-refractivity contribution in [1.29, 1.82) is 0 Å². The number of benzene rings is 2. The number of fused-ring (bicyclic) bond motifs is 2. The van der Waals surface area contributed by atoms with Crippen LogP contribution in [-0.4, -0.2) is 23.2 Å². The number of Topliss-reactive ketones (excluding diaryl/α,β-unsaturated/α-hetero) is 2. The molecule has 1 unspecified atom stereocenters. The van der Waals surface area contributed by atoms with Crippen LogP contribution in [0.4, 0.5) is 10.1 Å². The number of rotatable bonds is 2. The molecule has 0 saturated heterocycles. The van der Waals surface area contributed by atoms with Crippen LogP contribution in [0.1, 0.15) is 29.8 Å². The molecule has 0 fully saturated rings. The first-order valence-electron chi connectivity index (χ1n) is 8.02. The molecule has 0 aromatic heterocycles. The maximum absolute atomic E-state index is 13.5. The van der Waals surface area contributed by atoms with Gasteiger partial charge in [-0.3, -0.25) is 9.59 Å². The Morgan fingerprint density at radius 2 is 1.72 bits per heavy atom. The topological polar surface area (TPSA) is 55.4 Å². The molecule has 0 amide bonds. The zero-order valence-corrected chi connectivity index (χ0v) is 13.8. The number of halogens is 1. The fourth-order valence-electron chi connectivity index (χ4n) is 3.40. The number of hydrogen-bond donors (Lipinski definition) is 1. The van der Waals surface area contributed by atoms with Gasteiger partial charge in [-0.05, 0) is 32.0 Å². The van der Waals surface area contributed by atoms with Gasteiger partial charge in [-0.15, -0.1) is 0 Å². The second-order valence-electron chi connectivity index (χ2n) is 6.74. The quantitative estimate of drug-likeness (QED) is 0.851. The summed E-state index contributed by atoms with van der Waals surface area (Å²) in [6, 6.07) is 12.3. The van der Waals surface area contributed by atoms with E-state index in [1.807, 2.05) is 13.8 Å². The number of hydrogen-bond acceptors (Lipinski definition) is 4. The minimum atomic E-state index is -0.773. The van der Waals surface area contributed by atoms with Gasteiger partial charge in [-0.25, -0.2) is 4.39 Å². The number of anilines is 1. The van der Waals surface area contributed by atoms with Crippen molar-refractivity contribution < 1.29 is 18.7 Å². The highest BCUT2D eigenvalue weighted by atomic mass is 19.1. The second kappa shape index (κ2) is 5.28. The number of nitrogens with one attached hydrogen (secondary N) is 1. The lowest BCUT2D eigenvalue weighted by Crippen LogP contribution is -2.43. The highest BCUT2D eigenvalue weighted by Gasteiger charge is 2.50. The second-order valence-corrected chi connectivity index (χ2v) is 6.74. The van der Waals surface area contributed by atoms with Crippen molar-refractivity contribution in [3.63, 3.8) is 0 Å². The van der Waals surface area contributed by atoms with E-state index in [1.165, 1.54) is 12.1 Å². The fourth-order valence-corrected chi connectivity index (χ4v) is 3.40. The largest absolute Gasteiger partial charge is 0.484 e. The highest BCUT2D eigenvalue weighted by Crippen LogP contribution is 2.44. The Balaban J connectivity index is 1.84. The molecule has 1 N–H and O–H groups in total. The van der Waals surface area contributed by atoms with Crippen LogP contribution in [0.2, 0.25) is 0 Å². The van der Waals surface area contributed by atoms with Crippen LogP contribution in [-0.2, 0) is 9.53 Å². The monoisotopic (exact) mass is 337 g/mol. The Hall–Kier alpha value is -2.95. The molecule has 4 rings (SSSR count). The van der Waals surface area contributed by atoms with Gasteiger partial charge in [0.15, 0.2) is 0 Å². The van der Waals surface area contributed by atoms with Crippen LogP contribution >= 0.6 is 0 Å². The van der Waals surface area contributed by atoms with Gasteiger partial charge in [-0.2, -0.15) is 0 Å². The molecule has 0 bridgehead atoms. The van der Waals surface area contributed by atoms with Gasteiger partial charge >= 0.3 is 0 Å². The summed E-state index contributed by atoms with van der Waals surface area (Å²) in [6.45, 7) is 3.67. The molecular weight excluding hydrogens is 321 g/mol. The van der Waals surface area contributed by atoms with Crippen molar-refractivity contribution >= 4 is 23.0 Å². The first kappa shape index (κ1) is 15.6. The summed E-state index contributed by atoms with van der Waals surface area (Å²) in [4.78, 5) is 25.2. The van der Waals surface area contributed by atoms with E-state index < -0.39 is 23.2 Å². The van der Waals surface area contributed by atoms with Crippen LogP contribution in [0.3, 0.4) is 0 Å². The van der Waals surface area contributed by atoms with E-state index in [4.69, 9.17) is 4.74 Å². The molecule has 1 heterocycles. The van der Waals surface area contributed by atoms with E-state index in [9.17, 15) is 14.0 Å². The molecule has 1 aliphatic carbocycles. The van der Waals surface area contributed by atoms with Crippen molar-refractivity contribution in [2.45, 2.75) is 25.5 Å². The molecule has 0 spiro atoms. The number of ketones is 2. The Morgan fingerprint density at radius 3 is 2.44 bits per heavy atom. The first-order chi connectivity index (χ1) is 11.9. The first-order valence-corrected chi connectivity index (χ1v) is 8.02. The summed E-state index contributed by atoms with van der Waals surface area (Å²) in [5, 5.41) is 3.16. The SMILES string of the molecule is CC1(C)OC2=C(C(=O)C(=O)c3ccccc32)C1Nc1cccc(F)c1. The number of carbonyl (C=O) groups is 2. The smallest absolute Gasteiger partial charge is 0.235 e. The van der Waals surface area contributed by atoms with E-state index in [0.717, 1.165) is 0 Å². The van der Waals surface area contributed by atoms with Crippen molar-refractivity contribution in [2.75, 3.05) is 5.32 Å². The van der Waals surface area contributed by atoms with Gasteiger partial charge in [-0.1, -0.05) is 30.3 Å². The van der Waals surface area contributed by atoms with E-state index in [0.29, 0.717) is 28.1 Å². The van der Waals surface area contributed by atoms with Crippen LogP contribution in [0.25, 0.3) is 5.76 Å². The molecule has 4 nitrogen and oxygen atoms in total. The molecule has 2 aromatic rings. The van der Waals surface area contributed by atoms with Crippen LogP contribution in [0, 0.1) is 5.82 Å². The minimum absolute atomic E-state index is 0.304. The Kier molecular flexibility index (Phi) is 3.29. The van der Waals surface area contributed by atoms with Crippen LogP contribution in [0.15, 0.2) is 54.1 Å². The van der Waals surface area contributed by atoms with Crippen molar-refractivity contribution in [3.05, 3.63) is 71.0 Å². The average molecular weight is 337 g/mol. The predicted octanol–water partition coefficient (Wildman–Crippen LogP) is 3.59. The van der Waals surface area contributed by atoms with Crippen molar-refractivity contribution in [1.82, 2.24) is 0 Å². The van der Waals surface area contributed by atoms with E-state index >= 15 is 0 Å². The van der Waals surface area contributed by atoms with E-state index in [1.54, 1.807) is 36.4 Å². The number of ether oxygens (including phenoxy) is 1. The summed E-state index contributed by atoms with van der Waals surface area (Å²) < 4.78 is 19.6. The maximum Gasteiger partial charge on any atom is 0.235 e.